The van der Waals surface area contributed by atoms with Gasteiger partial charge in [0.25, 0.3) is 0 Å². The number of carbonyl (C=O) groups excluding carboxylic acids is 1. The number of halogens is 1. The Balaban J connectivity index is 1.57. The van der Waals surface area contributed by atoms with Gasteiger partial charge in [-0.15, -0.1) is 0 Å². The predicted octanol–water partition coefficient (Wildman–Crippen LogP) is 3.16. The van der Waals surface area contributed by atoms with E-state index in [1.807, 2.05) is 11.9 Å². The molecular weight excluding hydrogens is 381 g/mol. The second-order valence-corrected chi connectivity index (χ2v) is 7.73. The molecule has 3 heterocycles. The molecule has 0 unspecified atom stereocenters. The van der Waals surface area contributed by atoms with Gasteiger partial charge in [-0.2, -0.15) is 0 Å². The van der Waals surface area contributed by atoms with Crippen LogP contribution in [0.15, 0.2) is 54.9 Å². The lowest BCUT2D eigenvalue weighted by atomic mass is 9.99. The fourth-order valence-corrected chi connectivity index (χ4v) is 4.31. The number of rotatable bonds is 2. The Morgan fingerprint density at radius 2 is 1.63 bits per heavy atom. The average Bonchev–Trinajstić information content (AvgIpc) is 2.89. The van der Waals surface area contributed by atoms with Gasteiger partial charge in [0.2, 0.25) is 5.91 Å². The van der Waals surface area contributed by atoms with E-state index in [-0.39, 0.29) is 24.7 Å². The monoisotopic (exact) mass is 403 g/mol. The van der Waals surface area contributed by atoms with Crippen molar-refractivity contribution in [2.24, 2.45) is 0 Å². The topological polar surface area (TPSA) is 52.6 Å². The number of aromatic nitrogens is 2. The van der Waals surface area contributed by atoms with Crippen molar-refractivity contribution in [3.05, 3.63) is 77.4 Å². The van der Waals surface area contributed by atoms with Crippen LogP contribution in [0.25, 0.3) is 0 Å². The van der Waals surface area contributed by atoms with Crippen molar-refractivity contribution in [3.63, 3.8) is 0 Å². The number of likely N-dealkylation sites (N-methyl/N-ethyl adjacent to an activating group) is 1. The Hall–Kier alpha value is -3.48. The molecule has 0 N–H and O–H groups in total. The van der Waals surface area contributed by atoms with Crippen LogP contribution >= 0.6 is 0 Å². The van der Waals surface area contributed by atoms with Crippen LogP contribution in [0.4, 0.5) is 21.7 Å². The maximum absolute atomic E-state index is 14.5. The van der Waals surface area contributed by atoms with Crippen LogP contribution in [0.3, 0.4) is 0 Å². The molecule has 2 aromatic carbocycles. The molecule has 0 radical (unpaired) electrons. The van der Waals surface area contributed by atoms with E-state index in [0.717, 1.165) is 30.9 Å². The van der Waals surface area contributed by atoms with Crippen molar-refractivity contribution < 1.29 is 9.18 Å². The molecule has 0 fully saturated rings. The summed E-state index contributed by atoms with van der Waals surface area (Å²) in [5, 5.41) is 0. The van der Waals surface area contributed by atoms with Gasteiger partial charge in [-0.25, -0.2) is 14.4 Å². The molecule has 5 rings (SSSR count). The molecule has 7 heteroatoms. The molecule has 0 aliphatic carbocycles. The summed E-state index contributed by atoms with van der Waals surface area (Å²) < 4.78 is 14.5. The third-order valence-electron chi connectivity index (χ3n) is 5.82. The van der Waals surface area contributed by atoms with Crippen molar-refractivity contribution in [3.8, 4) is 0 Å². The highest BCUT2D eigenvalue weighted by atomic mass is 19.1. The van der Waals surface area contributed by atoms with Gasteiger partial charge in [0.05, 0.1) is 24.3 Å². The molecule has 2 aliphatic heterocycles. The van der Waals surface area contributed by atoms with Gasteiger partial charge >= 0.3 is 0 Å². The third kappa shape index (κ3) is 3.16. The van der Waals surface area contributed by atoms with Crippen LogP contribution in [0.2, 0.25) is 0 Å². The van der Waals surface area contributed by atoms with E-state index >= 15 is 0 Å². The number of fused-ring (bicyclic) bond motifs is 2. The zero-order valence-electron chi connectivity index (χ0n) is 16.8. The van der Waals surface area contributed by atoms with E-state index in [2.05, 4.69) is 39.1 Å². The Morgan fingerprint density at radius 3 is 2.47 bits per heavy atom. The average molecular weight is 403 g/mol. The molecule has 0 bridgehead atoms. The molecule has 0 saturated heterocycles. The highest BCUT2D eigenvalue weighted by Crippen LogP contribution is 2.34. The first-order chi connectivity index (χ1) is 14.6. The Labute approximate surface area is 174 Å². The predicted molar refractivity (Wildman–Crippen MR) is 114 cm³/mol. The number of nitrogens with zero attached hydrogens (tertiary/aromatic N) is 5. The first kappa shape index (κ1) is 18.5. The molecule has 3 aromatic rings. The van der Waals surface area contributed by atoms with E-state index in [0.29, 0.717) is 5.82 Å². The Bertz CT molecular complexity index is 1120. The molecule has 2 aliphatic rings. The summed E-state index contributed by atoms with van der Waals surface area (Å²) in [6.45, 7) is 1.93. The zero-order valence-corrected chi connectivity index (χ0v) is 16.8. The van der Waals surface area contributed by atoms with Gasteiger partial charge in [-0.3, -0.25) is 4.79 Å². The Kier molecular flexibility index (Phi) is 4.58. The summed E-state index contributed by atoms with van der Waals surface area (Å²) in [5.41, 5.74) is 3.75. The van der Waals surface area contributed by atoms with Crippen molar-refractivity contribution in [2.45, 2.75) is 19.5 Å². The third-order valence-corrected chi connectivity index (χ3v) is 5.82. The number of carbonyl (C=O) groups is 1. The van der Waals surface area contributed by atoms with Gasteiger partial charge in [-0.05, 0) is 29.7 Å². The number of hydrogen-bond donors (Lipinski definition) is 0. The van der Waals surface area contributed by atoms with E-state index in [4.69, 9.17) is 0 Å². The van der Waals surface area contributed by atoms with Gasteiger partial charge in [0.1, 0.15) is 23.8 Å². The van der Waals surface area contributed by atoms with Crippen LogP contribution < -0.4 is 14.7 Å². The second kappa shape index (κ2) is 7.40. The van der Waals surface area contributed by atoms with E-state index in [1.165, 1.54) is 22.1 Å². The highest BCUT2D eigenvalue weighted by molar-refractivity contribution is 5.98. The summed E-state index contributed by atoms with van der Waals surface area (Å²) in [5.74, 6) is 0.932. The number of amides is 1. The second-order valence-electron chi connectivity index (χ2n) is 7.73. The van der Waals surface area contributed by atoms with Crippen LogP contribution in [-0.4, -0.2) is 36.0 Å². The normalized spacial score (nSPS) is 16.2. The summed E-state index contributed by atoms with van der Waals surface area (Å²) in [6, 6.07) is 14.8. The maximum Gasteiger partial charge on any atom is 0.246 e. The molecule has 152 valence electrons. The number of anilines is 3. The van der Waals surface area contributed by atoms with Crippen molar-refractivity contribution in [1.82, 2.24) is 9.97 Å². The van der Waals surface area contributed by atoms with Crippen molar-refractivity contribution in [1.29, 1.82) is 0 Å². The number of benzene rings is 2. The summed E-state index contributed by atoms with van der Waals surface area (Å²) in [7, 11) is 1.84. The summed E-state index contributed by atoms with van der Waals surface area (Å²) >= 11 is 0. The van der Waals surface area contributed by atoms with Crippen LogP contribution in [0, 0.1) is 5.82 Å². The first-order valence-electron chi connectivity index (χ1n) is 10.0. The molecule has 0 spiro atoms. The molecule has 1 aromatic heterocycles. The van der Waals surface area contributed by atoms with Crippen molar-refractivity contribution >= 4 is 23.2 Å². The van der Waals surface area contributed by atoms with E-state index in [9.17, 15) is 9.18 Å². The van der Waals surface area contributed by atoms with Gasteiger partial charge in [0.15, 0.2) is 0 Å². The molecular formula is C23H22FN5O. The van der Waals surface area contributed by atoms with Crippen LogP contribution in [0.1, 0.15) is 16.7 Å². The molecule has 0 saturated carbocycles. The zero-order chi connectivity index (χ0) is 20.7. The molecule has 1 amide bonds. The fraction of sp³-hybridized carbons (Fsp3) is 0.261. The largest absolute Gasteiger partial charge is 0.351 e. The molecule has 30 heavy (non-hydrogen) atoms. The van der Waals surface area contributed by atoms with E-state index in [1.54, 1.807) is 24.5 Å². The minimum Gasteiger partial charge on any atom is -0.351 e. The summed E-state index contributed by atoms with van der Waals surface area (Å²) in [6.07, 6.45) is 2.48. The quantitative estimate of drug-likeness (QED) is 0.658. The van der Waals surface area contributed by atoms with Crippen LogP contribution in [-0.2, 0) is 24.3 Å². The summed E-state index contributed by atoms with van der Waals surface area (Å²) in [4.78, 5) is 27.6. The standard InChI is InChI=1S/C23H22FN5O/c1-27-14-21(30)29(20-9-5-4-8-19(20)24)13-18-22(27)25-15-26-23(18)28-11-10-16-6-2-3-7-17(16)12-28/h2-9,15H,10-14H2,1H3. The number of para-hydroxylation sites is 1. The minimum atomic E-state index is -0.415. The smallest absolute Gasteiger partial charge is 0.246 e. The minimum absolute atomic E-state index is 0.126. The highest BCUT2D eigenvalue weighted by Gasteiger charge is 2.31. The van der Waals surface area contributed by atoms with Gasteiger partial charge in [0, 0.05) is 20.1 Å². The fourth-order valence-electron chi connectivity index (χ4n) is 4.31. The van der Waals surface area contributed by atoms with Crippen LogP contribution in [0.5, 0.6) is 0 Å². The molecule has 6 nitrogen and oxygen atoms in total. The lowest BCUT2D eigenvalue weighted by Gasteiger charge is -2.32. The SMILES string of the molecule is CN1CC(=O)N(c2ccccc2F)Cc2c1ncnc2N1CCc2ccccc2C1. The van der Waals surface area contributed by atoms with Gasteiger partial charge in [-0.1, -0.05) is 36.4 Å². The first-order valence-corrected chi connectivity index (χ1v) is 10.0. The van der Waals surface area contributed by atoms with Gasteiger partial charge < -0.3 is 14.7 Å². The van der Waals surface area contributed by atoms with Crippen molar-refractivity contribution in [2.75, 3.05) is 34.8 Å². The lowest BCUT2D eigenvalue weighted by molar-refractivity contribution is -0.117. The molecule has 0 atom stereocenters. The maximum atomic E-state index is 14.5. The van der Waals surface area contributed by atoms with E-state index < -0.39 is 5.82 Å². The Morgan fingerprint density at radius 1 is 0.900 bits per heavy atom. The number of hydrogen-bond acceptors (Lipinski definition) is 5. The lowest BCUT2D eigenvalue weighted by Crippen LogP contribution is -2.36.